The molecule has 0 saturated heterocycles. The van der Waals surface area contributed by atoms with Gasteiger partial charge in [-0.05, 0) is 23.3 Å². The van der Waals surface area contributed by atoms with Crippen molar-refractivity contribution < 1.29 is 13.0 Å². The molecule has 0 bridgehead atoms. The molecule has 86 valence electrons. The zero-order valence-electron chi connectivity index (χ0n) is 8.37. The summed E-state index contributed by atoms with van der Waals surface area (Å²) in [5, 5.41) is 0. The van der Waals surface area contributed by atoms with Crippen LogP contribution in [0.5, 0.6) is 0 Å². The number of hydrogen-bond acceptors (Lipinski definition) is 4. The average Bonchev–Trinajstić information content (AvgIpc) is 2.22. The predicted molar refractivity (Wildman–Crippen MR) is 60.2 cm³/mol. The Kier molecular flexibility index (Phi) is 2.59. The summed E-state index contributed by atoms with van der Waals surface area (Å²) in [6, 6.07) is 3.65. The maximum atomic E-state index is 10.9. The molecule has 0 radical (unpaired) electrons. The molecule has 5 nitrogen and oxygen atoms in total. The SMILES string of the molecule is NC1C=Cc2cc(S(=O)(=O)O)ccc2C1N. The fourth-order valence-electron chi connectivity index (χ4n) is 1.70. The normalized spacial score (nSPS) is 24.2. The van der Waals surface area contributed by atoms with E-state index in [1.54, 1.807) is 18.2 Å². The van der Waals surface area contributed by atoms with Crippen LogP contribution in [0.2, 0.25) is 0 Å². The summed E-state index contributed by atoms with van der Waals surface area (Å²) in [6.45, 7) is 0. The molecule has 6 heteroatoms. The summed E-state index contributed by atoms with van der Waals surface area (Å²) >= 11 is 0. The van der Waals surface area contributed by atoms with Crippen molar-refractivity contribution in [2.75, 3.05) is 0 Å². The second-order valence-corrected chi connectivity index (χ2v) is 5.15. The third kappa shape index (κ3) is 1.88. The van der Waals surface area contributed by atoms with E-state index in [9.17, 15) is 8.42 Å². The lowest BCUT2D eigenvalue weighted by atomic mass is 9.90. The van der Waals surface area contributed by atoms with Crippen LogP contribution >= 0.6 is 0 Å². The van der Waals surface area contributed by atoms with E-state index in [2.05, 4.69) is 0 Å². The first-order valence-electron chi connectivity index (χ1n) is 4.70. The van der Waals surface area contributed by atoms with Crippen LogP contribution < -0.4 is 11.5 Å². The van der Waals surface area contributed by atoms with E-state index in [0.717, 1.165) is 5.56 Å². The van der Waals surface area contributed by atoms with Crippen LogP contribution in [0.15, 0.2) is 29.2 Å². The van der Waals surface area contributed by atoms with Gasteiger partial charge >= 0.3 is 0 Å². The van der Waals surface area contributed by atoms with E-state index < -0.39 is 10.1 Å². The summed E-state index contributed by atoms with van der Waals surface area (Å²) in [5.41, 5.74) is 13.0. The fourth-order valence-corrected chi connectivity index (χ4v) is 2.22. The zero-order chi connectivity index (χ0) is 11.9. The molecule has 0 aromatic heterocycles. The zero-order valence-corrected chi connectivity index (χ0v) is 9.18. The second-order valence-electron chi connectivity index (χ2n) is 3.73. The van der Waals surface area contributed by atoms with E-state index in [4.69, 9.17) is 16.0 Å². The first-order chi connectivity index (χ1) is 7.39. The number of hydrogen-bond donors (Lipinski definition) is 3. The monoisotopic (exact) mass is 240 g/mol. The van der Waals surface area contributed by atoms with Crippen molar-refractivity contribution in [2.45, 2.75) is 17.0 Å². The lowest BCUT2D eigenvalue weighted by Crippen LogP contribution is -2.34. The molecule has 0 aliphatic heterocycles. The highest BCUT2D eigenvalue weighted by Gasteiger charge is 2.21. The van der Waals surface area contributed by atoms with Gasteiger partial charge in [-0.3, -0.25) is 4.55 Å². The molecule has 2 unspecified atom stereocenters. The van der Waals surface area contributed by atoms with Gasteiger partial charge in [0.15, 0.2) is 0 Å². The maximum Gasteiger partial charge on any atom is 0.294 e. The first kappa shape index (κ1) is 11.3. The maximum absolute atomic E-state index is 10.9. The van der Waals surface area contributed by atoms with Crippen molar-refractivity contribution in [1.82, 2.24) is 0 Å². The molecule has 2 rings (SSSR count). The lowest BCUT2D eigenvalue weighted by Gasteiger charge is -2.23. The van der Waals surface area contributed by atoms with E-state index in [1.165, 1.54) is 12.1 Å². The van der Waals surface area contributed by atoms with Crippen molar-refractivity contribution in [1.29, 1.82) is 0 Å². The van der Waals surface area contributed by atoms with Crippen molar-refractivity contribution in [3.63, 3.8) is 0 Å². The molecule has 0 heterocycles. The Balaban J connectivity index is 2.56. The van der Waals surface area contributed by atoms with Crippen LogP contribution in [0.4, 0.5) is 0 Å². The van der Waals surface area contributed by atoms with Gasteiger partial charge in [0.25, 0.3) is 10.1 Å². The highest BCUT2D eigenvalue weighted by molar-refractivity contribution is 7.85. The summed E-state index contributed by atoms with van der Waals surface area (Å²) in [6.07, 6.45) is 3.42. The van der Waals surface area contributed by atoms with Crippen LogP contribution in [0.3, 0.4) is 0 Å². The van der Waals surface area contributed by atoms with E-state index in [1.807, 2.05) is 0 Å². The molecule has 0 saturated carbocycles. The summed E-state index contributed by atoms with van der Waals surface area (Å²) in [4.78, 5) is -0.140. The van der Waals surface area contributed by atoms with Gasteiger partial charge in [-0.25, -0.2) is 0 Å². The highest BCUT2D eigenvalue weighted by atomic mass is 32.2. The number of nitrogens with two attached hydrogens (primary N) is 2. The van der Waals surface area contributed by atoms with Gasteiger partial charge in [0.05, 0.1) is 4.90 Å². The van der Waals surface area contributed by atoms with Crippen LogP contribution in [0.25, 0.3) is 6.08 Å². The molecule has 2 atom stereocenters. The molecule has 1 aliphatic rings. The van der Waals surface area contributed by atoms with Gasteiger partial charge in [-0.2, -0.15) is 8.42 Å². The Bertz CT molecular complexity index is 551. The lowest BCUT2D eigenvalue weighted by molar-refractivity contribution is 0.483. The van der Waals surface area contributed by atoms with E-state index in [-0.39, 0.29) is 17.0 Å². The standard InChI is InChI=1S/C10H12N2O3S/c11-9-4-1-6-5-7(16(13,14)15)2-3-8(6)10(9)12/h1-5,9-10H,11-12H2,(H,13,14,15). The smallest absolute Gasteiger partial charge is 0.294 e. The van der Waals surface area contributed by atoms with Crippen molar-refractivity contribution in [3.05, 3.63) is 35.4 Å². The van der Waals surface area contributed by atoms with E-state index >= 15 is 0 Å². The first-order valence-corrected chi connectivity index (χ1v) is 6.14. The third-order valence-electron chi connectivity index (χ3n) is 2.63. The third-order valence-corrected chi connectivity index (χ3v) is 3.48. The van der Waals surface area contributed by atoms with Gasteiger partial charge in [-0.15, -0.1) is 0 Å². The molecular formula is C10H12N2O3S. The average molecular weight is 240 g/mol. The number of benzene rings is 1. The number of fused-ring (bicyclic) bond motifs is 1. The van der Waals surface area contributed by atoms with Gasteiger partial charge in [0.1, 0.15) is 0 Å². The Labute approximate surface area is 93.5 Å². The minimum Gasteiger partial charge on any atom is -0.323 e. The molecule has 0 fully saturated rings. The van der Waals surface area contributed by atoms with Crippen LogP contribution in [-0.2, 0) is 10.1 Å². The topological polar surface area (TPSA) is 106 Å². The van der Waals surface area contributed by atoms with Gasteiger partial charge in [0.2, 0.25) is 0 Å². The molecule has 1 aromatic carbocycles. The van der Waals surface area contributed by atoms with Crippen molar-refractivity contribution in [2.24, 2.45) is 11.5 Å². The van der Waals surface area contributed by atoms with E-state index in [0.29, 0.717) is 5.56 Å². The van der Waals surface area contributed by atoms with Crippen molar-refractivity contribution >= 4 is 16.2 Å². The van der Waals surface area contributed by atoms with Crippen LogP contribution in [0.1, 0.15) is 17.2 Å². The second kappa shape index (κ2) is 3.67. The Morgan fingerprint density at radius 3 is 2.56 bits per heavy atom. The molecule has 0 spiro atoms. The molecule has 5 N–H and O–H groups in total. The molecule has 0 amide bonds. The summed E-state index contributed by atoms with van der Waals surface area (Å²) < 4.78 is 30.8. The number of rotatable bonds is 1. The minimum atomic E-state index is -4.17. The Hall–Kier alpha value is -1.21. The van der Waals surface area contributed by atoms with Gasteiger partial charge < -0.3 is 11.5 Å². The summed E-state index contributed by atoms with van der Waals surface area (Å²) in [7, 11) is -4.17. The van der Waals surface area contributed by atoms with Crippen LogP contribution in [0, 0.1) is 0 Å². The predicted octanol–water partition coefficient (Wildman–Crippen LogP) is 0.287. The highest BCUT2D eigenvalue weighted by Crippen LogP contribution is 2.27. The molecule has 1 aromatic rings. The molecular weight excluding hydrogens is 228 g/mol. The fraction of sp³-hybridized carbons (Fsp3) is 0.200. The minimum absolute atomic E-state index is 0.140. The Morgan fingerprint density at radius 2 is 1.94 bits per heavy atom. The quantitative estimate of drug-likeness (QED) is 0.611. The molecule has 1 aliphatic carbocycles. The largest absolute Gasteiger partial charge is 0.323 e. The Morgan fingerprint density at radius 1 is 1.25 bits per heavy atom. The van der Waals surface area contributed by atoms with Gasteiger partial charge in [0, 0.05) is 12.1 Å². The van der Waals surface area contributed by atoms with Gasteiger partial charge in [-0.1, -0.05) is 18.2 Å². The van der Waals surface area contributed by atoms with Crippen LogP contribution in [-0.4, -0.2) is 19.0 Å². The molecule has 16 heavy (non-hydrogen) atoms. The van der Waals surface area contributed by atoms with Crippen molar-refractivity contribution in [3.8, 4) is 0 Å². The summed E-state index contributed by atoms with van der Waals surface area (Å²) in [5.74, 6) is 0.